The quantitative estimate of drug-likeness (QED) is 0.933. The Kier molecular flexibility index (Phi) is 4.16. The van der Waals surface area contributed by atoms with Crippen molar-refractivity contribution in [2.75, 3.05) is 5.32 Å². The first-order chi connectivity index (χ1) is 9.06. The third-order valence-corrected chi connectivity index (χ3v) is 3.51. The van der Waals surface area contributed by atoms with E-state index in [1.54, 1.807) is 13.1 Å². The Hall–Kier alpha value is -1.88. The Labute approximate surface area is 116 Å². The molecule has 2 rings (SSSR count). The monoisotopic (exact) mass is 276 g/mol. The van der Waals surface area contributed by atoms with Gasteiger partial charge in [0.15, 0.2) is 11.2 Å². The van der Waals surface area contributed by atoms with Gasteiger partial charge in [0, 0.05) is 11.6 Å². The van der Waals surface area contributed by atoms with E-state index in [4.69, 9.17) is 4.74 Å². The zero-order chi connectivity index (χ0) is 13.8. The number of nitrogens with zero attached hydrogens (tertiary/aromatic N) is 1. The molecule has 1 N–H and O–H groups in total. The highest BCUT2D eigenvalue weighted by atomic mass is 32.1. The molecule has 1 aromatic carbocycles. The Bertz CT molecular complexity index is 567. The van der Waals surface area contributed by atoms with Crippen molar-refractivity contribution in [2.24, 2.45) is 0 Å². The fourth-order valence-corrected chi connectivity index (χ4v) is 2.07. The molecule has 0 aliphatic heterocycles. The van der Waals surface area contributed by atoms with Crippen molar-refractivity contribution in [3.05, 3.63) is 40.9 Å². The number of hydrogen-bond acceptors (Lipinski definition) is 4. The number of aromatic nitrogens is 1. The maximum absolute atomic E-state index is 11.9. The molecule has 1 atom stereocenters. The second kappa shape index (κ2) is 5.84. The van der Waals surface area contributed by atoms with Crippen LogP contribution >= 0.6 is 11.3 Å². The average molecular weight is 276 g/mol. The Balaban J connectivity index is 1.98. The number of hydrogen-bond donors (Lipinski definition) is 1. The number of carbonyl (C=O) groups is 1. The van der Waals surface area contributed by atoms with Crippen LogP contribution in [0.5, 0.6) is 5.75 Å². The molecule has 5 heteroatoms. The van der Waals surface area contributed by atoms with Crippen LogP contribution in [0.3, 0.4) is 0 Å². The van der Waals surface area contributed by atoms with E-state index < -0.39 is 6.10 Å². The van der Waals surface area contributed by atoms with Gasteiger partial charge in [-0.25, -0.2) is 4.98 Å². The summed E-state index contributed by atoms with van der Waals surface area (Å²) in [5, 5.41) is 5.11. The Morgan fingerprint density at radius 2 is 2.16 bits per heavy atom. The van der Waals surface area contributed by atoms with E-state index >= 15 is 0 Å². The topological polar surface area (TPSA) is 51.2 Å². The number of carbonyl (C=O) groups excluding carboxylic acids is 1. The molecule has 1 heterocycles. The van der Waals surface area contributed by atoms with Crippen LogP contribution in [-0.4, -0.2) is 17.0 Å². The molecule has 100 valence electrons. The highest BCUT2D eigenvalue weighted by Crippen LogP contribution is 2.18. The number of anilines is 1. The minimum Gasteiger partial charge on any atom is -0.481 e. The van der Waals surface area contributed by atoms with Crippen LogP contribution < -0.4 is 10.1 Å². The predicted octanol–water partition coefficient (Wildman–Crippen LogP) is 3.17. The fraction of sp³-hybridized carbons (Fsp3) is 0.286. The van der Waals surface area contributed by atoms with E-state index in [1.165, 1.54) is 16.9 Å². The molecule has 1 amide bonds. The number of nitrogens with one attached hydrogen (secondary N) is 1. The van der Waals surface area contributed by atoms with E-state index in [0.29, 0.717) is 10.9 Å². The number of benzene rings is 1. The zero-order valence-electron chi connectivity index (χ0n) is 11.1. The van der Waals surface area contributed by atoms with Gasteiger partial charge in [-0.1, -0.05) is 6.07 Å². The van der Waals surface area contributed by atoms with Crippen molar-refractivity contribution >= 4 is 22.4 Å². The molecule has 0 aliphatic rings. The lowest BCUT2D eigenvalue weighted by atomic mass is 10.1. The predicted molar refractivity (Wildman–Crippen MR) is 76.7 cm³/mol. The summed E-state index contributed by atoms with van der Waals surface area (Å²) in [6, 6.07) is 5.79. The molecule has 19 heavy (non-hydrogen) atoms. The van der Waals surface area contributed by atoms with Crippen molar-refractivity contribution < 1.29 is 9.53 Å². The molecule has 0 bridgehead atoms. The van der Waals surface area contributed by atoms with Gasteiger partial charge in [0.25, 0.3) is 5.91 Å². The van der Waals surface area contributed by atoms with Crippen molar-refractivity contribution in [1.82, 2.24) is 4.98 Å². The van der Waals surface area contributed by atoms with Gasteiger partial charge in [-0.2, -0.15) is 0 Å². The molecular formula is C14H16N2O2S. The molecule has 0 saturated carbocycles. The van der Waals surface area contributed by atoms with Gasteiger partial charge in [-0.05, 0) is 44.0 Å². The van der Waals surface area contributed by atoms with E-state index in [1.807, 2.05) is 37.4 Å². The lowest BCUT2D eigenvalue weighted by molar-refractivity contribution is -0.122. The van der Waals surface area contributed by atoms with Gasteiger partial charge in [0.1, 0.15) is 5.75 Å². The largest absolute Gasteiger partial charge is 0.481 e. The van der Waals surface area contributed by atoms with Crippen molar-refractivity contribution in [2.45, 2.75) is 26.9 Å². The van der Waals surface area contributed by atoms with Crippen LogP contribution in [0.4, 0.5) is 5.13 Å². The smallest absolute Gasteiger partial charge is 0.266 e. The molecule has 0 aliphatic carbocycles. The number of amides is 1. The second-order valence-electron chi connectivity index (χ2n) is 4.33. The third-order valence-electron chi connectivity index (χ3n) is 2.82. The first kappa shape index (κ1) is 13.5. The van der Waals surface area contributed by atoms with Gasteiger partial charge < -0.3 is 4.74 Å². The SMILES string of the molecule is Cc1ccc(O[C@@H](C)C(=O)Nc2nccs2)cc1C. The van der Waals surface area contributed by atoms with Crippen LogP contribution in [0.1, 0.15) is 18.1 Å². The summed E-state index contributed by atoms with van der Waals surface area (Å²) < 4.78 is 5.63. The number of ether oxygens (including phenoxy) is 1. The van der Waals surface area contributed by atoms with Crippen molar-refractivity contribution in [1.29, 1.82) is 0 Å². The maximum atomic E-state index is 11.9. The molecule has 4 nitrogen and oxygen atoms in total. The maximum Gasteiger partial charge on any atom is 0.266 e. The second-order valence-corrected chi connectivity index (χ2v) is 5.23. The number of aryl methyl sites for hydroxylation is 2. The average Bonchev–Trinajstić information content (AvgIpc) is 2.86. The standard InChI is InChI=1S/C14H16N2O2S/c1-9-4-5-12(8-10(9)2)18-11(3)13(17)16-14-15-6-7-19-14/h4-8,11H,1-3H3,(H,15,16,17)/t11-/m0/s1. The molecular weight excluding hydrogens is 260 g/mol. The van der Waals surface area contributed by atoms with Gasteiger partial charge in [0.2, 0.25) is 0 Å². The van der Waals surface area contributed by atoms with Gasteiger partial charge in [-0.3, -0.25) is 10.1 Å². The normalized spacial score (nSPS) is 11.9. The molecule has 0 spiro atoms. The summed E-state index contributed by atoms with van der Waals surface area (Å²) in [4.78, 5) is 15.9. The summed E-state index contributed by atoms with van der Waals surface area (Å²) in [5.41, 5.74) is 2.34. The zero-order valence-corrected chi connectivity index (χ0v) is 12.0. The number of thiazole rings is 1. The van der Waals surface area contributed by atoms with Crippen LogP contribution in [0.15, 0.2) is 29.8 Å². The van der Waals surface area contributed by atoms with E-state index in [9.17, 15) is 4.79 Å². The summed E-state index contributed by atoms with van der Waals surface area (Å²) in [6.45, 7) is 5.78. The molecule has 0 saturated heterocycles. The van der Waals surface area contributed by atoms with E-state index in [2.05, 4.69) is 10.3 Å². The highest BCUT2D eigenvalue weighted by molar-refractivity contribution is 7.13. The van der Waals surface area contributed by atoms with E-state index in [-0.39, 0.29) is 5.91 Å². The molecule has 0 fully saturated rings. The van der Waals surface area contributed by atoms with Crippen LogP contribution in [0.25, 0.3) is 0 Å². The third kappa shape index (κ3) is 3.54. The lowest BCUT2D eigenvalue weighted by Crippen LogP contribution is -2.30. The van der Waals surface area contributed by atoms with E-state index in [0.717, 1.165) is 5.56 Å². The minimum absolute atomic E-state index is 0.201. The first-order valence-corrected chi connectivity index (χ1v) is 6.88. The molecule has 0 radical (unpaired) electrons. The van der Waals surface area contributed by atoms with Crippen molar-refractivity contribution in [3.63, 3.8) is 0 Å². The van der Waals surface area contributed by atoms with Gasteiger partial charge >= 0.3 is 0 Å². The van der Waals surface area contributed by atoms with Gasteiger partial charge in [0.05, 0.1) is 0 Å². The summed E-state index contributed by atoms with van der Waals surface area (Å²) in [6.07, 6.45) is 1.08. The first-order valence-electron chi connectivity index (χ1n) is 6.00. The fourth-order valence-electron chi connectivity index (χ4n) is 1.54. The molecule has 2 aromatic rings. The summed E-state index contributed by atoms with van der Waals surface area (Å²) in [7, 11) is 0. The summed E-state index contributed by atoms with van der Waals surface area (Å²) in [5.74, 6) is 0.498. The van der Waals surface area contributed by atoms with Crippen LogP contribution in [0, 0.1) is 13.8 Å². The molecule has 0 unspecified atom stereocenters. The number of rotatable bonds is 4. The minimum atomic E-state index is -0.564. The summed E-state index contributed by atoms with van der Waals surface area (Å²) >= 11 is 1.38. The highest BCUT2D eigenvalue weighted by Gasteiger charge is 2.15. The van der Waals surface area contributed by atoms with Gasteiger partial charge in [-0.15, -0.1) is 11.3 Å². The van der Waals surface area contributed by atoms with Crippen LogP contribution in [-0.2, 0) is 4.79 Å². The van der Waals surface area contributed by atoms with Crippen LogP contribution in [0.2, 0.25) is 0 Å². The molecule has 1 aromatic heterocycles. The van der Waals surface area contributed by atoms with Crippen molar-refractivity contribution in [3.8, 4) is 5.75 Å². The Morgan fingerprint density at radius 1 is 1.37 bits per heavy atom. The Morgan fingerprint density at radius 3 is 2.79 bits per heavy atom. The lowest BCUT2D eigenvalue weighted by Gasteiger charge is -2.14.